The molecule has 0 aliphatic rings. The standard InChI is InChI=1S/C20H37NO4/c1-2-3-4-5-6-7-10-13-16-19(21(24)25)17-14-11-8-9-12-15-18-20(22)23/h17H,2-16,18H2,1H3,(H,22,23). The summed E-state index contributed by atoms with van der Waals surface area (Å²) in [5.74, 6) is -0.737. The van der Waals surface area contributed by atoms with Gasteiger partial charge in [-0.1, -0.05) is 71.1 Å². The van der Waals surface area contributed by atoms with E-state index in [2.05, 4.69) is 6.92 Å². The molecule has 0 aliphatic heterocycles. The Labute approximate surface area is 153 Å². The maximum Gasteiger partial charge on any atom is 0.303 e. The van der Waals surface area contributed by atoms with Crippen molar-refractivity contribution in [3.8, 4) is 0 Å². The van der Waals surface area contributed by atoms with Gasteiger partial charge in [0, 0.05) is 12.8 Å². The maximum atomic E-state index is 11.1. The minimum atomic E-state index is -0.737. The fraction of sp³-hybridized carbons (Fsp3) is 0.850. The van der Waals surface area contributed by atoms with Crippen LogP contribution in [0.1, 0.15) is 110 Å². The molecular weight excluding hydrogens is 318 g/mol. The van der Waals surface area contributed by atoms with Crippen molar-refractivity contribution in [3.63, 3.8) is 0 Å². The Balaban J connectivity index is 3.66. The molecule has 0 aliphatic carbocycles. The SMILES string of the molecule is CCCCCCCCCCC(=CCCCCCCCC(=O)O)[N+](=O)[O-]. The molecule has 0 atom stereocenters. The number of aliphatic carboxylic acids is 1. The molecule has 5 nitrogen and oxygen atoms in total. The van der Waals surface area contributed by atoms with E-state index in [1.54, 1.807) is 6.08 Å². The number of allylic oxidation sites excluding steroid dienone is 2. The van der Waals surface area contributed by atoms with Crippen LogP contribution in [0.25, 0.3) is 0 Å². The number of rotatable bonds is 18. The third kappa shape index (κ3) is 17.2. The highest BCUT2D eigenvalue weighted by atomic mass is 16.6. The monoisotopic (exact) mass is 355 g/mol. The summed E-state index contributed by atoms with van der Waals surface area (Å²) in [4.78, 5) is 21.2. The van der Waals surface area contributed by atoms with E-state index in [0.29, 0.717) is 12.1 Å². The Morgan fingerprint density at radius 1 is 0.840 bits per heavy atom. The number of nitrogens with zero attached hydrogens (tertiary/aromatic N) is 1. The van der Waals surface area contributed by atoms with Crippen LogP contribution in [0.5, 0.6) is 0 Å². The minimum Gasteiger partial charge on any atom is -0.481 e. The van der Waals surface area contributed by atoms with Crippen molar-refractivity contribution in [3.05, 3.63) is 21.9 Å². The highest BCUT2D eigenvalue weighted by molar-refractivity contribution is 5.66. The third-order valence-electron chi connectivity index (χ3n) is 4.50. The average molecular weight is 356 g/mol. The van der Waals surface area contributed by atoms with E-state index in [1.807, 2.05) is 0 Å². The lowest BCUT2D eigenvalue weighted by molar-refractivity contribution is -0.428. The molecule has 25 heavy (non-hydrogen) atoms. The van der Waals surface area contributed by atoms with Crippen LogP contribution in [0.15, 0.2) is 11.8 Å². The number of carboxylic acids is 1. The van der Waals surface area contributed by atoms with Gasteiger partial charge in [-0.25, -0.2) is 0 Å². The van der Waals surface area contributed by atoms with E-state index in [-0.39, 0.29) is 11.3 Å². The topological polar surface area (TPSA) is 80.4 Å². The largest absolute Gasteiger partial charge is 0.481 e. The summed E-state index contributed by atoms with van der Waals surface area (Å²) < 4.78 is 0. The molecule has 0 aromatic rings. The highest BCUT2D eigenvalue weighted by Crippen LogP contribution is 2.15. The number of carbonyl (C=O) groups is 1. The maximum absolute atomic E-state index is 11.1. The van der Waals surface area contributed by atoms with Crippen molar-refractivity contribution in [1.29, 1.82) is 0 Å². The highest BCUT2D eigenvalue weighted by Gasteiger charge is 2.09. The van der Waals surface area contributed by atoms with Crippen molar-refractivity contribution in [2.45, 2.75) is 110 Å². The second-order valence-electron chi connectivity index (χ2n) is 6.88. The van der Waals surface area contributed by atoms with E-state index in [1.165, 1.54) is 38.5 Å². The minimum absolute atomic E-state index is 0.228. The molecule has 0 amide bonds. The van der Waals surface area contributed by atoms with Gasteiger partial charge in [-0.05, 0) is 31.8 Å². The van der Waals surface area contributed by atoms with Gasteiger partial charge in [-0.2, -0.15) is 0 Å². The summed E-state index contributed by atoms with van der Waals surface area (Å²) in [6, 6.07) is 0. The van der Waals surface area contributed by atoms with Gasteiger partial charge in [-0.3, -0.25) is 14.9 Å². The lowest BCUT2D eigenvalue weighted by Gasteiger charge is -2.02. The Bertz CT molecular complexity index is 380. The molecule has 0 spiro atoms. The number of hydrogen-bond donors (Lipinski definition) is 1. The van der Waals surface area contributed by atoms with E-state index in [0.717, 1.165) is 51.4 Å². The molecule has 0 bridgehead atoms. The van der Waals surface area contributed by atoms with Crippen LogP contribution in [0.3, 0.4) is 0 Å². The van der Waals surface area contributed by atoms with Gasteiger partial charge in [0.25, 0.3) is 0 Å². The molecule has 146 valence electrons. The van der Waals surface area contributed by atoms with Crippen LogP contribution < -0.4 is 0 Å². The zero-order chi connectivity index (χ0) is 18.8. The van der Waals surface area contributed by atoms with E-state index in [9.17, 15) is 14.9 Å². The van der Waals surface area contributed by atoms with Crippen molar-refractivity contribution in [1.82, 2.24) is 0 Å². The molecule has 0 radical (unpaired) electrons. The van der Waals surface area contributed by atoms with Crippen LogP contribution in [0, 0.1) is 10.1 Å². The number of carboxylic acid groups (broad SMARTS) is 1. The zero-order valence-corrected chi connectivity index (χ0v) is 16.0. The molecule has 0 fully saturated rings. The van der Waals surface area contributed by atoms with Gasteiger partial charge < -0.3 is 5.11 Å². The van der Waals surface area contributed by atoms with E-state index >= 15 is 0 Å². The quantitative estimate of drug-likeness (QED) is 0.173. The van der Waals surface area contributed by atoms with Gasteiger partial charge in [0.2, 0.25) is 5.70 Å². The molecule has 5 heteroatoms. The Morgan fingerprint density at radius 2 is 1.32 bits per heavy atom. The second-order valence-corrected chi connectivity index (χ2v) is 6.88. The normalized spacial score (nSPS) is 11.6. The number of nitro groups is 1. The summed E-state index contributed by atoms with van der Waals surface area (Å²) in [5.41, 5.74) is 0.372. The summed E-state index contributed by atoms with van der Waals surface area (Å²) in [6.45, 7) is 2.21. The Hall–Kier alpha value is -1.39. The first-order valence-electron chi connectivity index (χ1n) is 10.1. The van der Waals surface area contributed by atoms with Crippen LogP contribution in [-0.4, -0.2) is 16.0 Å². The summed E-state index contributed by atoms with van der Waals surface area (Å²) in [6.07, 6.45) is 17.6. The van der Waals surface area contributed by atoms with Crippen LogP contribution in [0.2, 0.25) is 0 Å². The molecular formula is C20H37NO4. The smallest absolute Gasteiger partial charge is 0.303 e. The first-order valence-corrected chi connectivity index (χ1v) is 10.1. The average Bonchev–Trinajstić information content (AvgIpc) is 2.57. The third-order valence-corrected chi connectivity index (χ3v) is 4.50. The molecule has 0 aromatic heterocycles. The summed E-state index contributed by atoms with van der Waals surface area (Å²) in [5, 5.41) is 19.6. The summed E-state index contributed by atoms with van der Waals surface area (Å²) >= 11 is 0. The van der Waals surface area contributed by atoms with Crippen molar-refractivity contribution < 1.29 is 14.8 Å². The first-order chi connectivity index (χ1) is 12.1. The van der Waals surface area contributed by atoms with Gasteiger partial charge in [0.1, 0.15) is 0 Å². The Kier molecular flexibility index (Phi) is 16.5. The van der Waals surface area contributed by atoms with Crippen LogP contribution in [-0.2, 0) is 4.79 Å². The van der Waals surface area contributed by atoms with E-state index < -0.39 is 5.97 Å². The van der Waals surface area contributed by atoms with Crippen molar-refractivity contribution >= 4 is 5.97 Å². The molecule has 0 saturated carbocycles. The number of unbranched alkanes of at least 4 members (excludes halogenated alkanes) is 12. The molecule has 0 heterocycles. The van der Waals surface area contributed by atoms with Gasteiger partial charge in [0.05, 0.1) is 4.92 Å². The zero-order valence-electron chi connectivity index (χ0n) is 16.0. The predicted octanol–water partition coefficient (Wildman–Crippen LogP) is 6.49. The van der Waals surface area contributed by atoms with Crippen LogP contribution >= 0.6 is 0 Å². The lowest BCUT2D eigenvalue weighted by Crippen LogP contribution is -1.99. The predicted molar refractivity (Wildman–Crippen MR) is 102 cm³/mol. The van der Waals surface area contributed by atoms with Crippen LogP contribution in [0.4, 0.5) is 0 Å². The van der Waals surface area contributed by atoms with Crippen molar-refractivity contribution in [2.75, 3.05) is 0 Å². The fourth-order valence-electron chi connectivity index (χ4n) is 2.93. The molecule has 0 aromatic carbocycles. The van der Waals surface area contributed by atoms with Gasteiger partial charge in [0.15, 0.2) is 0 Å². The lowest BCUT2D eigenvalue weighted by atomic mass is 10.1. The molecule has 1 N–H and O–H groups in total. The molecule has 0 rings (SSSR count). The summed E-state index contributed by atoms with van der Waals surface area (Å²) in [7, 11) is 0. The van der Waals surface area contributed by atoms with E-state index in [4.69, 9.17) is 5.11 Å². The fourth-order valence-corrected chi connectivity index (χ4v) is 2.93. The second kappa shape index (κ2) is 17.4. The van der Waals surface area contributed by atoms with Gasteiger partial charge in [-0.15, -0.1) is 0 Å². The molecule has 0 saturated heterocycles. The Morgan fingerprint density at radius 3 is 1.84 bits per heavy atom. The van der Waals surface area contributed by atoms with Gasteiger partial charge >= 0.3 is 5.97 Å². The number of hydrogen-bond acceptors (Lipinski definition) is 3. The van der Waals surface area contributed by atoms with Crippen molar-refractivity contribution in [2.24, 2.45) is 0 Å². The first kappa shape index (κ1) is 23.6. The molecule has 0 unspecified atom stereocenters.